The van der Waals surface area contributed by atoms with Crippen LogP contribution in [0.5, 0.6) is 5.75 Å². The average Bonchev–Trinajstić information content (AvgIpc) is 3.96. The van der Waals surface area contributed by atoms with Crippen LogP contribution >= 0.6 is 34.3 Å². The van der Waals surface area contributed by atoms with Gasteiger partial charge in [0, 0.05) is 104 Å². The number of aromatic nitrogens is 2. The summed E-state index contributed by atoms with van der Waals surface area (Å²) in [4.78, 5) is 51.2. The third-order valence-electron chi connectivity index (χ3n) is 9.26. The van der Waals surface area contributed by atoms with Gasteiger partial charge in [0.25, 0.3) is 0 Å². The summed E-state index contributed by atoms with van der Waals surface area (Å²) in [6, 6.07) is 11.9. The quantitative estimate of drug-likeness (QED) is 0.0701. The smallest absolute Gasteiger partial charge is 0.319 e. The van der Waals surface area contributed by atoms with Gasteiger partial charge < -0.3 is 40.4 Å². The molecule has 1 radical (unpaired) electrons. The van der Waals surface area contributed by atoms with Crippen molar-refractivity contribution in [2.45, 2.75) is 33.1 Å². The number of rotatable bonds is 9. The average molecular weight is 973 g/mol. The number of nitro groups is 2. The predicted molar refractivity (Wildman–Crippen MR) is 240 cm³/mol. The van der Waals surface area contributed by atoms with Crippen LogP contribution in [0.3, 0.4) is 0 Å². The minimum absolute atomic E-state index is 0. The Bertz CT molecular complexity index is 2760. The van der Waals surface area contributed by atoms with Crippen LogP contribution in [0.2, 0.25) is 5.02 Å². The number of phenolic OH excluding ortho intramolecular Hbond substituents is 1. The molecule has 3 aliphatic rings. The molecule has 3 heterocycles. The largest absolute Gasteiger partial charge is 0.507 e. The van der Waals surface area contributed by atoms with Crippen LogP contribution in [0.1, 0.15) is 38.8 Å². The number of aliphatic hydroxyl groups excluding tert-OH is 2. The normalized spacial score (nSPS) is 16.8. The molecule has 0 bridgehead atoms. The minimum atomic E-state index is -0.583. The third-order valence-corrected chi connectivity index (χ3v) is 11.2. The van der Waals surface area contributed by atoms with Gasteiger partial charge in [0.2, 0.25) is 5.69 Å². The van der Waals surface area contributed by atoms with E-state index in [-0.39, 0.29) is 76.3 Å². The molecule has 0 unspecified atom stereocenters. The van der Waals surface area contributed by atoms with E-state index < -0.39 is 9.85 Å². The minimum Gasteiger partial charge on any atom is -0.507 e. The number of aliphatic hydroxyl groups is 2. The number of carbonyl (C=O) groups is 2. The zero-order valence-corrected chi connectivity index (χ0v) is 37.9. The van der Waals surface area contributed by atoms with Gasteiger partial charge in [-0.15, -0.1) is 0 Å². The molecule has 1 aliphatic heterocycles. The standard InChI is InChI=1S/C23H27ClN2O.2C9H6N4O4S.Co/c1-6-26(7-2)18-11-8-16(21(27)15-18)9-13-22-23(3,4)19-14-17(24)10-12-20(19)25(22)5;2*14-5-1-2-6(7(15)3-5)11-12-9-10-4-8(18-9)13(16)17;/h8-15H,6-7H2,1-5H3;2*1-4H,(H2,10,12,14,15);/p-1. The van der Waals surface area contributed by atoms with Crippen molar-refractivity contribution in [3.8, 4) is 5.75 Å². The number of aromatic hydroxyl groups is 1. The van der Waals surface area contributed by atoms with Crippen molar-refractivity contribution in [1.29, 1.82) is 0 Å². The molecule has 3 N–H and O–H groups in total. The molecular formula is C41H38ClCoN10O9S2-. The Morgan fingerprint density at radius 3 is 1.75 bits per heavy atom. The zero-order valence-electron chi connectivity index (χ0n) is 34.4. The number of halogens is 1. The first-order valence-electron chi connectivity index (χ1n) is 18.6. The van der Waals surface area contributed by atoms with E-state index in [0.29, 0.717) is 5.75 Å². The number of thiazole rings is 2. The molecule has 2 aliphatic carbocycles. The third kappa shape index (κ3) is 12.4. The maximum Gasteiger partial charge on any atom is 0.319 e. The number of allylic oxidation sites excluding steroid dienone is 7. The Morgan fingerprint density at radius 1 is 0.797 bits per heavy atom. The predicted octanol–water partition coefficient (Wildman–Crippen LogP) is 6.51. The topological polar surface area (TPSA) is 265 Å². The second kappa shape index (κ2) is 22.0. The molecule has 0 amide bonds. The number of phenols is 1. The van der Waals surface area contributed by atoms with Crippen LogP contribution in [0, 0.1) is 20.2 Å². The summed E-state index contributed by atoms with van der Waals surface area (Å²) in [5, 5.41) is 65.1. The summed E-state index contributed by atoms with van der Waals surface area (Å²) < 4.78 is 2.20. The molecule has 4 aromatic rings. The summed E-state index contributed by atoms with van der Waals surface area (Å²) in [7, 11) is 2.07. The molecule has 0 atom stereocenters. The molecule has 335 valence electrons. The number of anilines is 1. The van der Waals surface area contributed by atoms with E-state index in [1.165, 1.54) is 41.3 Å². The Morgan fingerprint density at radius 2 is 1.31 bits per heavy atom. The number of carbonyl (C=O) groups excluding carboxylic acids is 2. The van der Waals surface area contributed by atoms with Gasteiger partial charge in [-0.25, -0.2) is 0 Å². The summed E-state index contributed by atoms with van der Waals surface area (Å²) in [5.74, 6) is -1.02. The van der Waals surface area contributed by atoms with Gasteiger partial charge in [0.1, 0.15) is 35.7 Å². The van der Waals surface area contributed by atoms with Crippen molar-refractivity contribution >= 4 is 90.4 Å². The Hall–Kier alpha value is -6.85. The number of fused-ring (bicyclic) bond motifs is 1. The summed E-state index contributed by atoms with van der Waals surface area (Å²) in [5.41, 5.74) is 5.46. The first-order chi connectivity index (χ1) is 29.9. The first kappa shape index (κ1) is 49.8. The maximum absolute atomic E-state index is 10.9. The van der Waals surface area contributed by atoms with Crippen LogP contribution in [-0.2, 0) is 31.8 Å². The van der Waals surface area contributed by atoms with Gasteiger partial charge >= 0.3 is 10.0 Å². The van der Waals surface area contributed by atoms with Crippen LogP contribution in [0.25, 0.3) is 6.08 Å². The van der Waals surface area contributed by atoms with Crippen molar-refractivity contribution in [3.63, 3.8) is 0 Å². The molecule has 0 fully saturated rings. The fourth-order valence-corrected chi connectivity index (χ4v) is 7.36. The molecule has 2 aromatic carbocycles. The fourth-order valence-electron chi connectivity index (χ4n) is 6.08. The van der Waals surface area contributed by atoms with Crippen LogP contribution in [0.15, 0.2) is 123 Å². The summed E-state index contributed by atoms with van der Waals surface area (Å²) in [6.07, 6.45) is 13.3. The molecule has 2 aromatic heterocycles. The van der Waals surface area contributed by atoms with Crippen molar-refractivity contribution < 1.29 is 56.1 Å². The molecule has 0 saturated heterocycles. The summed E-state index contributed by atoms with van der Waals surface area (Å²) >= 11 is 7.73. The van der Waals surface area contributed by atoms with Crippen molar-refractivity contribution in [3.05, 3.63) is 149 Å². The number of benzene rings is 2. The zero-order chi connectivity index (χ0) is 46.0. The van der Waals surface area contributed by atoms with E-state index in [4.69, 9.17) is 11.6 Å². The van der Waals surface area contributed by atoms with Crippen LogP contribution in [0.4, 0.5) is 21.4 Å². The second-order valence-electron chi connectivity index (χ2n) is 13.7. The number of nitrogens with zero attached hydrogens (tertiary/aromatic N) is 10. The Labute approximate surface area is 387 Å². The molecule has 0 saturated carbocycles. The molecule has 64 heavy (non-hydrogen) atoms. The van der Waals surface area contributed by atoms with Gasteiger partial charge in [-0.2, -0.15) is 4.58 Å². The molecule has 23 heteroatoms. The fraction of sp³-hybridized carbons (Fsp3) is 0.195. The number of hydrogen-bond donors (Lipinski definition) is 3. The number of hydrogen-bond acceptors (Lipinski definition) is 16. The van der Waals surface area contributed by atoms with Crippen molar-refractivity contribution in [2.24, 2.45) is 20.4 Å². The van der Waals surface area contributed by atoms with Gasteiger partial charge in [-0.1, -0.05) is 34.3 Å². The van der Waals surface area contributed by atoms with Crippen molar-refractivity contribution in [1.82, 2.24) is 9.97 Å². The Kier molecular flexibility index (Phi) is 17.1. The van der Waals surface area contributed by atoms with Crippen LogP contribution in [-0.4, -0.2) is 78.6 Å². The van der Waals surface area contributed by atoms with Gasteiger partial charge in [-0.05, 0) is 82.3 Å². The van der Waals surface area contributed by atoms with E-state index in [2.05, 4.69) is 92.8 Å². The number of ketones is 2. The van der Waals surface area contributed by atoms with E-state index >= 15 is 0 Å². The second-order valence-corrected chi connectivity index (χ2v) is 16.1. The van der Waals surface area contributed by atoms with Gasteiger partial charge in [0.15, 0.2) is 17.3 Å². The molecule has 19 nitrogen and oxygen atoms in total. The van der Waals surface area contributed by atoms with Crippen LogP contribution < -0.4 is 24.5 Å². The van der Waals surface area contributed by atoms with Gasteiger partial charge in [0.05, 0.1) is 15.3 Å². The van der Waals surface area contributed by atoms with E-state index in [9.17, 15) is 45.1 Å². The maximum atomic E-state index is 10.9. The molecule has 7 rings (SSSR count). The van der Waals surface area contributed by atoms with E-state index in [0.717, 1.165) is 76.6 Å². The SMILES string of the molecule is CCN(CC)c1ccc(/C=C/C2=[N+](C)c3ccc(Cl)cc3C2(C)C)c(O)c1.O=C1C=CC(=NN=c2[n-]cc([N+](=O)[O-])s2)C(O)=C1.O=C1C=CC(=NN=c2[n-]cc([N+](=O)[O-])s2)C(O)=C1.[Co]. The molecule has 0 spiro atoms. The monoisotopic (exact) mass is 972 g/mol. The molecular weight excluding hydrogens is 935 g/mol. The summed E-state index contributed by atoms with van der Waals surface area (Å²) in [6.45, 7) is 10.5. The van der Waals surface area contributed by atoms with Crippen molar-refractivity contribution in [2.75, 3.05) is 25.0 Å². The van der Waals surface area contributed by atoms with E-state index in [1.807, 2.05) is 30.3 Å². The van der Waals surface area contributed by atoms with E-state index in [1.54, 1.807) is 0 Å². The Balaban J connectivity index is 0.000000216. The van der Waals surface area contributed by atoms with Gasteiger partial charge in [-0.3, -0.25) is 40.0 Å². The first-order valence-corrected chi connectivity index (χ1v) is 20.6.